The first-order chi connectivity index (χ1) is 7.24. The lowest BCUT2D eigenvalue weighted by atomic mass is 10.2. The van der Waals surface area contributed by atoms with Gasteiger partial charge in [-0.05, 0) is 12.1 Å². The van der Waals surface area contributed by atoms with E-state index >= 15 is 0 Å². The van der Waals surface area contributed by atoms with Gasteiger partial charge < -0.3 is 15.4 Å². The van der Waals surface area contributed by atoms with Crippen molar-refractivity contribution in [3.63, 3.8) is 0 Å². The summed E-state index contributed by atoms with van der Waals surface area (Å²) in [4.78, 5) is 12.9. The lowest BCUT2D eigenvalue weighted by Crippen LogP contribution is -2.41. The van der Waals surface area contributed by atoms with Crippen LogP contribution in [0, 0.1) is 5.82 Å². The number of halogens is 1. The third-order valence-electron chi connectivity index (χ3n) is 2.27. The molecular formula is C10H11FN2O2. The molecule has 0 spiro atoms. The van der Waals surface area contributed by atoms with E-state index in [4.69, 9.17) is 10.5 Å². The fourth-order valence-electron chi connectivity index (χ4n) is 1.58. The van der Waals surface area contributed by atoms with Crippen LogP contribution >= 0.6 is 0 Å². The van der Waals surface area contributed by atoms with Crippen molar-refractivity contribution in [1.29, 1.82) is 0 Å². The number of carbonyl (C=O) groups excluding carboxylic acids is 1. The molecule has 15 heavy (non-hydrogen) atoms. The second-order valence-electron chi connectivity index (χ2n) is 3.19. The second kappa shape index (κ2) is 3.86. The zero-order chi connectivity index (χ0) is 10.8. The van der Waals surface area contributed by atoms with Gasteiger partial charge in [-0.2, -0.15) is 0 Å². The van der Waals surface area contributed by atoms with E-state index in [1.807, 2.05) is 0 Å². The number of carbonyl (C=O) groups is 1. The third kappa shape index (κ3) is 1.66. The molecule has 0 aliphatic carbocycles. The highest BCUT2D eigenvalue weighted by Gasteiger charge is 2.24. The Morgan fingerprint density at radius 3 is 3.13 bits per heavy atom. The van der Waals surface area contributed by atoms with Crippen LogP contribution in [-0.4, -0.2) is 25.6 Å². The number of para-hydroxylation sites is 1. The number of fused-ring (bicyclic) bond motifs is 1. The molecule has 1 aromatic carbocycles. The number of hydrogen-bond donors (Lipinski definition) is 1. The van der Waals surface area contributed by atoms with Gasteiger partial charge in [0.25, 0.3) is 0 Å². The van der Waals surface area contributed by atoms with Crippen LogP contribution in [0.4, 0.5) is 10.1 Å². The quantitative estimate of drug-likeness (QED) is 0.734. The Morgan fingerprint density at radius 2 is 2.40 bits per heavy atom. The van der Waals surface area contributed by atoms with E-state index in [0.29, 0.717) is 18.8 Å². The number of anilines is 1. The maximum atomic E-state index is 13.3. The summed E-state index contributed by atoms with van der Waals surface area (Å²) >= 11 is 0. The van der Waals surface area contributed by atoms with Crippen molar-refractivity contribution in [3.05, 3.63) is 24.0 Å². The molecule has 2 N–H and O–H groups in total. The van der Waals surface area contributed by atoms with Crippen LogP contribution in [0.1, 0.15) is 0 Å². The summed E-state index contributed by atoms with van der Waals surface area (Å²) in [5, 5.41) is 0. The van der Waals surface area contributed by atoms with E-state index in [1.54, 1.807) is 12.1 Å². The molecule has 0 aromatic heterocycles. The first-order valence-corrected chi connectivity index (χ1v) is 4.66. The van der Waals surface area contributed by atoms with Gasteiger partial charge in [-0.25, -0.2) is 4.39 Å². The molecule has 0 radical (unpaired) electrons. The van der Waals surface area contributed by atoms with Crippen molar-refractivity contribution in [2.75, 3.05) is 24.6 Å². The number of nitrogens with two attached hydrogens (primary N) is 1. The molecule has 1 aromatic rings. The van der Waals surface area contributed by atoms with E-state index in [9.17, 15) is 9.18 Å². The van der Waals surface area contributed by atoms with Gasteiger partial charge in [0.1, 0.15) is 6.61 Å². The van der Waals surface area contributed by atoms with E-state index in [1.165, 1.54) is 11.0 Å². The highest BCUT2D eigenvalue weighted by Crippen LogP contribution is 2.33. The van der Waals surface area contributed by atoms with E-state index in [0.717, 1.165) is 0 Å². The zero-order valence-corrected chi connectivity index (χ0v) is 8.07. The molecule has 80 valence electrons. The molecule has 0 saturated heterocycles. The Bertz CT molecular complexity index is 395. The van der Waals surface area contributed by atoms with Crippen LogP contribution in [-0.2, 0) is 4.79 Å². The number of benzene rings is 1. The number of amides is 1. The largest absolute Gasteiger partial charge is 0.486 e. The number of ether oxygens (including phenoxy) is 1. The van der Waals surface area contributed by atoms with Crippen LogP contribution < -0.4 is 15.4 Å². The Balaban J connectivity index is 2.42. The monoisotopic (exact) mass is 210 g/mol. The van der Waals surface area contributed by atoms with E-state index in [2.05, 4.69) is 0 Å². The van der Waals surface area contributed by atoms with Gasteiger partial charge in [0.15, 0.2) is 11.6 Å². The molecule has 2 rings (SSSR count). The van der Waals surface area contributed by atoms with Gasteiger partial charge in [-0.15, -0.1) is 0 Å². The molecule has 0 saturated carbocycles. The Labute approximate surface area is 86.4 Å². The highest BCUT2D eigenvalue weighted by molar-refractivity contribution is 5.96. The fraction of sp³-hybridized carbons (Fsp3) is 0.300. The van der Waals surface area contributed by atoms with Gasteiger partial charge in [-0.3, -0.25) is 4.79 Å². The SMILES string of the molecule is NCC(=O)N1CCOc2c(F)cccc21. The van der Waals surface area contributed by atoms with Crippen molar-refractivity contribution < 1.29 is 13.9 Å². The zero-order valence-electron chi connectivity index (χ0n) is 8.07. The minimum absolute atomic E-state index is 0.0873. The van der Waals surface area contributed by atoms with Crippen molar-refractivity contribution in [2.45, 2.75) is 0 Å². The predicted octanol–water partition coefficient (Wildman–Crippen LogP) is 0.510. The molecule has 0 atom stereocenters. The summed E-state index contributed by atoms with van der Waals surface area (Å²) in [5.41, 5.74) is 5.73. The lowest BCUT2D eigenvalue weighted by molar-refractivity contribution is -0.117. The van der Waals surface area contributed by atoms with Gasteiger partial charge in [0, 0.05) is 0 Å². The smallest absolute Gasteiger partial charge is 0.240 e. The maximum Gasteiger partial charge on any atom is 0.240 e. The molecule has 1 heterocycles. The minimum atomic E-state index is -0.456. The van der Waals surface area contributed by atoms with E-state index < -0.39 is 5.82 Å². The van der Waals surface area contributed by atoms with Gasteiger partial charge >= 0.3 is 0 Å². The van der Waals surface area contributed by atoms with Gasteiger partial charge in [-0.1, -0.05) is 6.07 Å². The van der Waals surface area contributed by atoms with Crippen molar-refractivity contribution in [1.82, 2.24) is 0 Å². The first kappa shape index (κ1) is 9.92. The molecule has 5 heteroatoms. The normalized spacial score (nSPS) is 14.4. The molecule has 1 aliphatic heterocycles. The molecule has 4 nitrogen and oxygen atoms in total. The summed E-state index contributed by atoms with van der Waals surface area (Å²) < 4.78 is 18.5. The Kier molecular flexibility index (Phi) is 2.55. The van der Waals surface area contributed by atoms with Crippen LogP contribution in [0.2, 0.25) is 0 Å². The summed E-state index contributed by atoms with van der Waals surface area (Å²) in [6.07, 6.45) is 0. The summed E-state index contributed by atoms with van der Waals surface area (Å²) in [6, 6.07) is 4.49. The Morgan fingerprint density at radius 1 is 1.60 bits per heavy atom. The van der Waals surface area contributed by atoms with Crippen LogP contribution in [0.15, 0.2) is 18.2 Å². The summed E-state index contributed by atoms with van der Waals surface area (Å²) in [6.45, 7) is 0.613. The minimum Gasteiger partial charge on any atom is -0.486 e. The van der Waals surface area contributed by atoms with Gasteiger partial charge in [0.05, 0.1) is 18.8 Å². The standard InChI is InChI=1S/C10H11FN2O2/c11-7-2-1-3-8-10(7)15-5-4-13(8)9(14)6-12/h1-3H,4-6,12H2. The fourth-order valence-corrected chi connectivity index (χ4v) is 1.58. The van der Waals surface area contributed by atoms with Gasteiger partial charge in [0.2, 0.25) is 5.91 Å². The molecule has 0 bridgehead atoms. The summed E-state index contributed by atoms with van der Waals surface area (Å²) in [5.74, 6) is -0.558. The molecule has 1 amide bonds. The highest BCUT2D eigenvalue weighted by atomic mass is 19.1. The number of nitrogens with zero attached hydrogens (tertiary/aromatic N) is 1. The lowest BCUT2D eigenvalue weighted by Gasteiger charge is -2.29. The average Bonchev–Trinajstić information content (AvgIpc) is 2.28. The van der Waals surface area contributed by atoms with Crippen molar-refractivity contribution in [2.24, 2.45) is 5.73 Å². The van der Waals surface area contributed by atoms with Crippen LogP contribution in [0.3, 0.4) is 0 Å². The molecular weight excluding hydrogens is 199 g/mol. The van der Waals surface area contributed by atoms with Crippen LogP contribution in [0.25, 0.3) is 0 Å². The predicted molar refractivity (Wildman–Crippen MR) is 53.3 cm³/mol. The number of rotatable bonds is 1. The van der Waals surface area contributed by atoms with Crippen LogP contribution in [0.5, 0.6) is 5.75 Å². The van der Waals surface area contributed by atoms with Crippen molar-refractivity contribution >= 4 is 11.6 Å². The van der Waals surface area contributed by atoms with E-state index in [-0.39, 0.29) is 18.2 Å². The topological polar surface area (TPSA) is 55.6 Å². The summed E-state index contributed by atoms with van der Waals surface area (Å²) in [7, 11) is 0. The second-order valence-corrected chi connectivity index (χ2v) is 3.19. The molecule has 1 aliphatic rings. The Hall–Kier alpha value is -1.62. The number of hydrogen-bond acceptors (Lipinski definition) is 3. The third-order valence-corrected chi connectivity index (χ3v) is 2.27. The molecule has 0 fully saturated rings. The van der Waals surface area contributed by atoms with Crippen molar-refractivity contribution in [3.8, 4) is 5.75 Å². The average molecular weight is 210 g/mol. The first-order valence-electron chi connectivity index (χ1n) is 4.66. The maximum absolute atomic E-state index is 13.3. The molecule has 0 unspecified atom stereocenters.